The molecular formula is C9H4Cl3NS2. The maximum Gasteiger partial charge on any atom is 0.147 e. The van der Waals surface area contributed by atoms with Crippen LogP contribution in [0.1, 0.15) is 0 Å². The first-order valence-corrected chi connectivity index (χ1v) is 7.19. The van der Waals surface area contributed by atoms with E-state index < -0.39 is 0 Å². The zero-order chi connectivity index (χ0) is 10.8. The van der Waals surface area contributed by atoms with E-state index in [4.69, 9.17) is 34.8 Å². The lowest BCUT2D eigenvalue weighted by atomic mass is 10.3. The Morgan fingerprint density at radius 2 is 1.60 bits per heavy atom. The van der Waals surface area contributed by atoms with Gasteiger partial charge in [-0.1, -0.05) is 55.5 Å². The quantitative estimate of drug-likeness (QED) is 0.657. The molecule has 0 fully saturated rings. The molecule has 6 heteroatoms. The predicted octanol–water partition coefficient (Wildman–Crippen LogP) is 5.00. The van der Waals surface area contributed by atoms with Gasteiger partial charge in [0.1, 0.15) is 14.0 Å². The van der Waals surface area contributed by atoms with Gasteiger partial charge >= 0.3 is 0 Å². The zero-order valence-corrected chi connectivity index (χ0v) is 11.1. The molecule has 1 heterocycles. The minimum atomic E-state index is 0.515. The molecule has 0 saturated carbocycles. The molecule has 0 spiro atoms. The summed E-state index contributed by atoms with van der Waals surface area (Å²) in [6.45, 7) is 0. The van der Waals surface area contributed by atoms with E-state index in [0.29, 0.717) is 14.4 Å². The molecule has 2 aromatic rings. The van der Waals surface area contributed by atoms with E-state index in [1.165, 1.54) is 20.7 Å². The predicted molar refractivity (Wildman–Crippen MR) is 68.9 cm³/mol. The highest BCUT2D eigenvalue weighted by Crippen LogP contribution is 2.27. The molecule has 0 amide bonds. The van der Waals surface area contributed by atoms with Gasteiger partial charge in [-0.25, -0.2) is 4.99 Å². The second kappa shape index (κ2) is 4.85. The first kappa shape index (κ1) is 11.4. The third-order valence-corrected chi connectivity index (χ3v) is 5.36. The molecular weight excluding hydrogens is 293 g/mol. The van der Waals surface area contributed by atoms with Crippen molar-refractivity contribution in [1.29, 1.82) is 0 Å². The molecule has 0 saturated heterocycles. The first-order chi connectivity index (χ1) is 7.16. The van der Waals surface area contributed by atoms with Crippen LogP contribution in [0, 0.1) is 0 Å². The molecule has 0 N–H and O–H groups in total. The van der Waals surface area contributed by atoms with Crippen LogP contribution >= 0.6 is 55.5 Å². The third-order valence-electron chi connectivity index (χ3n) is 1.61. The molecule has 0 radical (unpaired) electrons. The van der Waals surface area contributed by atoms with E-state index in [0.717, 1.165) is 10.4 Å². The van der Waals surface area contributed by atoms with E-state index in [2.05, 4.69) is 4.99 Å². The maximum absolute atomic E-state index is 5.96. The summed E-state index contributed by atoms with van der Waals surface area (Å²) in [5.74, 6) is 0. The molecule has 15 heavy (non-hydrogen) atoms. The van der Waals surface area contributed by atoms with Gasteiger partial charge in [-0.05, 0) is 24.3 Å². The van der Waals surface area contributed by atoms with Crippen LogP contribution in [0.2, 0.25) is 14.4 Å². The van der Waals surface area contributed by atoms with E-state index in [1.807, 2.05) is 12.1 Å². The average molecular weight is 297 g/mol. The van der Waals surface area contributed by atoms with Crippen molar-refractivity contribution in [3.05, 3.63) is 43.3 Å². The summed E-state index contributed by atoms with van der Waals surface area (Å²) in [6.07, 6.45) is 0. The van der Waals surface area contributed by atoms with Gasteiger partial charge < -0.3 is 0 Å². The second-order valence-corrected chi connectivity index (χ2v) is 6.19. The SMILES string of the molecule is Clc1ccc(N=c2ssc(Cl)c2Cl)cc1. The van der Waals surface area contributed by atoms with Crippen molar-refractivity contribution in [3.8, 4) is 0 Å². The molecule has 1 nitrogen and oxygen atoms in total. The number of rotatable bonds is 1. The lowest BCUT2D eigenvalue weighted by Crippen LogP contribution is -1.91. The largest absolute Gasteiger partial charge is 0.236 e. The maximum atomic E-state index is 5.96. The van der Waals surface area contributed by atoms with Crippen LogP contribution in [0.5, 0.6) is 0 Å². The fraction of sp³-hybridized carbons (Fsp3) is 0. The van der Waals surface area contributed by atoms with Gasteiger partial charge in [0, 0.05) is 5.02 Å². The number of hydrogen-bond acceptors (Lipinski definition) is 3. The Kier molecular flexibility index (Phi) is 3.69. The van der Waals surface area contributed by atoms with Crippen LogP contribution in [0.3, 0.4) is 0 Å². The first-order valence-electron chi connectivity index (χ1n) is 3.91. The summed E-state index contributed by atoms with van der Waals surface area (Å²) in [6, 6.07) is 7.23. The van der Waals surface area contributed by atoms with Crippen molar-refractivity contribution < 1.29 is 0 Å². The van der Waals surface area contributed by atoms with Crippen LogP contribution in [0.25, 0.3) is 0 Å². The fourth-order valence-corrected chi connectivity index (χ4v) is 3.81. The molecule has 0 bridgehead atoms. The van der Waals surface area contributed by atoms with Gasteiger partial charge in [0.05, 0.1) is 5.69 Å². The summed E-state index contributed by atoms with van der Waals surface area (Å²) >= 11 is 17.6. The molecule has 78 valence electrons. The number of nitrogens with zero attached hydrogens (tertiary/aromatic N) is 1. The highest BCUT2D eigenvalue weighted by molar-refractivity contribution is 7.69. The lowest BCUT2D eigenvalue weighted by molar-refractivity contribution is 1.41. The van der Waals surface area contributed by atoms with Crippen molar-refractivity contribution in [2.45, 2.75) is 0 Å². The van der Waals surface area contributed by atoms with Crippen LogP contribution in [-0.4, -0.2) is 0 Å². The summed E-state index contributed by atoms with van der Waals surface area (Å²) in [4.78, 5) is 4.36. The Morgan fingerprint density at radius 1 is 0.933 bits per heavy atom. The summed E-state index contributed by atoms with van der Waals surface area (Å²) in [5, 5.41) is 1.20. The Morgan fingerprint density at radius 3 is 2.13 bits per heavy atom. The monoisotopic (exact) mass is 295 g/mol. The number of benzene rings is 1. The highest BCUT2D eigenvalue weighted by Gasteiger charge is 2.03. The average Bonchev–Trinajstić information content (AvgIpc) is 2.53. The van der Waals surface area contributed by atoms with Crippen LogP contribution in [0.4, 0.5) is 5.69 Å². The Balaban J connectivity index is 2.46. The zero-order valence-electron chi connectivity index (χ0n) is 7.21. The Labute approximate surface area is 109 Å². The van der Waals surface area contributed by atoms with Crippen LogP contribution in [0.15, 0.2) is 29.3 Å². The molecule has 0 aliphatic heterocycles. The standard InChI is InChI=1S/C9H4Cl3NS2/c10-5-1-3-6(4-2-5)13-9-7(11)8(12)14-15-9/h1-4H. The number of halogens is 3. The fourth-order valence-electron chi connectivity index (χ4n) is 0.934. The van der Waals surface area contributed by atoms with Gasteiger partial charge in [0.15, 0.2) is 0 Å². The van der Waals surface area contributed by atoms with E-state index in [9.17, 15) is 0 Å². The molecule has 0 atom stereocenters. The molecule has 0 aliphatic rings. The summed E-state index contributed by atoms with van der Waals surface area (Å²) in [7, 11) is 2.86. The summed E-state index contributed by atoms with van der Waals surface area (Å²) < 4.78 is 1.31. The van der Waals surface area contributed by atoms with Gasteiger partial charge in [-0.2, -0.15) is 0 Å². The van der Waals surface area contributed by atoms with Crippen LogP contribution < -0.4 is 4.67 Å². The van der Waals surface area contributed by atoms with Gasteiger partial charge in [-0.3, -0.25) is 0 Å². The third kappa shape index (κ3) is 2.74. The number of hydrogen-bond donors (Lipinski definition) is 0. The Bertz CT molecular complexity index is 527. The van der Waals surface area contributed by atoms with Crippen molar-refractivity contribution in [3.63, 3.8) is 0 Å². The van der Waals surface area contributed by atoms with Crippen molar-refractivity contribution in [1.82, 2.24) is 0 Å². The Hall–Kier alpha value is -0.0600. The van der Waals surface area contributed by atoms with Crippen molar-refractivity contribution >= 4 is 61.2 Å². The molecule has 0 aliphatic carbocycles. The van der Waals surface area contributed by atoms with Crippen LogP contribution in [-0.2, 0) is 0 Å². The van der Waals surface area contributed by atoms with Crippen molar-refractivity contribution in [2.75, 3.05) is 0 Å². The smallest absolute Gasteiger partial charge is 0.147 e. The molecule has 2 rings (SSSR count). The van der Waals surface area contributed by atoms with E-state index in [-0.39, 0.29) is 0 Å². The van der Waals surface area contributed by atoms with E-state index in [1.54, 1.807) is 12.1 Å². The lowest BCUT2D eigenvalue weighted by Gasteiger charge is -1.91. The molecule has 1 aromatic carbocycles. The van der Waals surface area contributed by atoms with Gasteiger partial charge in [0.25, 0.3) is 0 Å². The normalized spacial score (nSPS) is 12.1. The summed E-state index contributed by atoms with van der Waals surface area (Å²) in [5.41, 5.74) is 0.812. The van der Waals surface area contributed by atoms with Crippen molar-refractivity contribution in [2.24, 2.45) is 4.99 Å². The van der Waals surface area contributed by atoms with E-state index >= 15 is 0 Å². The second-order valence-electron chi connectivity index (χ2n) is 2.65. The topological polar surface area (TPSA) is 12.4 Å². The minimum Gasteiger partial charge on any atom is -0.236 e. The van der Waals surface area contributed by atoms with Gasteiger partial charge in [0.2, 0.25) is 0 Å². The highest BCUT2D eigenvalue weighted by atomic mass is 35.5. The molecule has 1 aromatic heterocycles. The molecule has 0 unspecified atom stereocenters. The van der Waals surface area contributed by atoms with Gasteiger partial charge in [-0.15, -0.1) is 0 Å². The minimum absolute atomic E-state index is 0.515.